The normalized spacial score (nSPS) is 12.8. The Kier molecular flexibility index (Phi) is 4.30. The molecule has 0 amide bonds. The van der Waals surface area contributed by atoms with Crippen LogP contribution in [0.5, 0.6) is 5.75 Å². The van der Waals surface area contributed by atoms with Crippen LogP contribution in [0, 0.1) is 6.92 Å². The standard InChI is InChI=1S/C9H11NO.C3H8.H2/c1-7-2-3-9-8(6-7)10-4-5-11-9;1-3-2;/h2-3,6,10H,4-5H2,1H3;3H2,1-2H3;1H. The molecule has 0 spiro atoms. The second-order valence-electron chi connectivity index (χ2n) is 3.48. The first-order chi connectivity index (χ1) is 6.77. The Bertz CT molecular complexity index is 289. The van der Waals surface area contributed by atoms with E-state index < -0.39 is 0 Å². The van der Waals surface area contributed by atoms with E-state index in [1.165, 1.54) is 12.0 Å². The van der Waals surface area contributed by atoms with Gasteiger partial charge in [-0.3, -0.25) is 0 Å². The van der Waals surface area contributed by atoms with Crippen molar-refractivity contribution in [1.82, 2.24) is 0 Å². The van der Waals surface area contributed by atoms with Gasteiger partial charge in [0.25, 0.3) is 0 Å². The van der Waals surface area contributed by atoms with Crippen molar-refractivity contribution < 1.29 is 6.16 Å². The molecule has 2 nitrogen and oxygen atoms in total. The smallest absolute Gasteiger partial charge is 0.142 e. The summed E-state index contributed by atoms with van der Waals surface area (Å²) in [7, 11) is 0. The van der Waals surface area contributed by atoms with Gasteiger partial charge >= 0.3 is 0 Å². The van der Waals surface area contributed by atoms with Crippen molar-refractivity contribution in [3.63, 3.8) is 0 Å². The molecule has 1 aliphatic rings. The van der Waals surface area contributed by atoms with Gasteiger partial charge in [0.2, 0.25) is 0 Å². The van der Waals surface area contributed by atoms with Crippen LogP contribution in [0.4, 0.5) is 5.69 Å². The van der Waals surface area contributed by atoms with Gasteiger partial charge in [-0.2, -0.15) is 0 Å². The zero-order valence-electron chi connectivity index (χ0n) is 9.26. The van der Waals surface area contributed by atoms with Crippen molar-refractivity contribution in [2.24, 2.45) is 0 Å². The van der Waals surface area contributed by atoms with Crippen LogP contribution in [0.2, 0.25) is 0 Å². The van der Waals surface area contributed by atoms with Gasteiger partial charge in [-0.15, -0.1) is 0 Å². The monoisotopic (exact) mass is 195 g/mol. The van der Waals surface area contributed by atoms with Crippen LogP contribution in [0.15, 0.2) is 18.2 Å². The van der Waals surface area contributed by atoms with Crippen molar-refractivity contribution >= 4 is 5.69 Å². The van der Waals surface area contributed by atoms with E-state index in [4.69, 9.17) is 4.74 Å². The van der Waals surface area contributed by atoms with Crippen LogP contribution in [-0.4, -0.2) is 13.2 Å². The fourth-order valence-corrected chi connectivity index (χ4v) is 1.25. The highest BCUT2D eigenvalue weighted by Gasteiger charge is 2.07. The summed E-state index contributed by atoms with van der Waals surface area (Å²) >= 11 is 0. The van der Waals surface area contributed by atoms with Gasteiger partial charge in [-0.1, -0.05) is 26.3 Å². The summed E-state index contributed by atoms with van der Waals surface area (Å²) in [5.41, 5.74) is 2.39. The summed E-state index contributed by atoms with van der Waals surface area (Å²) in [6.45, 7) is 8.02. The van der Waals surface area contributed by atoms with Gasteiger partial charge in [0.1, 0.15) is 12.4 Å². The molecule has 1 N–H and O–H groups in total. The molecule has 14 heavy (non-hydrogen) atoms. The van der Waals surface area contributed by atoms with E-state index >= 15 is 0 Å². The zero-order chi connectivity index (χ0) is 10.4. The number of nitrogens with one attached hydrogen (secondary N) is 1. The minimum absolute atomic E-state index is 0. The number of anilines is 1. The number of rotatable bonds is 0. The van der Waals surface area contributed by atoms with Crippen LogP contribution >= 0.6 is 0 Å². The van der Waals surface area contributed by atoms with Gasteiger partial charge in [-0.25, -0.2) is 0 Å². The van der Waals surface area contributed by atoms with Crippen molar-refractivity contribution in [3.8, 4) is 5.75 Å². The van der Waals surface area contributed by atoms with Gasteiger partial charge in [-0.05, 0) is 24.6 Å². The number of ether oxygens (including phenoxy) is 1. The SMILES string of the molecule is CCC.Cc1ccc2c(c1)NCCO2.[HH]. The molecule has 2 rings (SSSR count). The maximum Gasteiger partial charge on any atom is 0.142 e. The lowest BCUT2D eigenvalue weighted by Gasteiger charge is -2.18. The topological polar surface area (TPSA) is 21.3 Å². The van der Waals surface area contributed by atoms with Gasteiger partial charge in [0.15, 0.2) is 0 Å². The summed E-state index contributed by atoms with van der Waals surface area (Å²) in [5.74, 6) is 0.974. The molecule has 0 aliphatic carbocycles. The molecule has 0 unspecified atom stereocenters. The summed E-state index contributed by atoms with van der Waals surface area (Å²) in [4.78, 5) is 0. The Morgan fingerprint density at radius 2 is 2.14 bits per heavy atom. The molecular weight excluding hydrogens is 174 g/mol. The molecule has 1 aromatic carbocycles. The van der Waals surface area contributed by atoms with Crippen LogP contribution in [-0.2, 0) is 0 Å². The first-order valence-electron chi connectivity index (χ1n) is 5.25. The molecule has 1 heterocycles. The van der Waals surface area contributed by atoms with E-state index in [0.717, 1.165) is 24.6 Å². The van der Waals surface area contributed by atoms with E-state index in [0.29, 0.717) is 0 Å². The van der Waals surface area contributed by atoms with E-state index in [9.17, 15) is 0 Å². The fourth-order valence-electron chi connectivity index (χ4n) is 1.25. The Balaban J connectivity index is 0.000000443. The second kappa shape index (κ2) is 5.53. The van der Waals surface area contributed by atoms with E-state index in [-0.39, 0.29) is 1.43 Å². The van der Waals surface area contributed by atoms with Gasteiger partial charge < -0.3 is 10.1 Å². The molecule has 1 aliphatic heterocycles. The maximum absolute atomic E-state index is 5.42. The highest BCUT2D eigenvalue weighted by Crippen LogP contribution is 2.27. The number of benzene rings is 1. The first kappa shape index (κ1) is 10.9. The lowest BCUT2D eigenvalue weighted by atomic mass is 10.2. The van der Waals surface area contributed by atoms with E-state index in [1.807, 2.05) is 6.07 Å². The molecule has 0 bridgehead atoms. The molecule has 0 atom stereocenters. The molecule has 0 saturated carbocycles. The Morgan fingerprint density at radius 3 is 2.86 bits per heavy atom. The largest absolute Gasteiger partial charge is 0.490 e. The summed E-state index contributed by atoms with van der Waals surface area (Å²) < 4.78 is 5.42. The van der Waals surface area contributed by atoms with Crippen molar-refractivity contribution in [3.05, 3.63) is 23.8 Å². The second-order valence-corrected chi connectivity index (χ2v) is 3.48. The highest BCUT2D eigenvalue weighted by atomic mass is 16.5. The summed E-state index contributed by atoms with van der Waals surface area (Å²) in [6.07, 6.45) is 1.25. The Hall–Kier alpha value is -1.18. The predicted octanol–water partition coefficient (Wildman–Crippen LogP) is 3.46. The summed E-state index contributed by atoms with van der Waals surface area (Å²) in [5, 5.41) is 3.28. The van der Waals surface area contributed by atoms with Crippen LogP contribution in [0.25, 0.3) is 0 Å². The molecular formula is C12H21NO. The third-order valence-corrected chi connectivity index (χ3v) is 1.81. The minimum atomic E-state index is 0. The van der Waals surface area contributed by atoms with E-state index in [2.05, 4.69) is 38.2 Å². The molecule has 2 heteroatoms. The molecule has 1 aromatic rings. The number of hydrogen-bond donors (Lipinski definition) is 1. The average molecular weight is 195 g/mol. The highest BCUT2D eigenvalue weighted by molar-refractivity contribution is 5.59. The van der Waals surface area contributed by atoms with Crippen LogP contribution < -0.4 is 10.1 Å². The Labute approximate surface area is 87.8 Å². The molecule has 0 radical (unpaired) electrons. The minimum Gasteiger partial charge on any atom is -0.490 e. The van der Waals surface area contributed by atoms with Crippen LogP contribution in [0.1, 0.15) is 27.3 Å². The number of fused-ring (bicyclic) bond motifs is 1. The quantitative estimate of drug-likeness (QED) is 0.684. The summed E-state index contributed by atoms with van der Waals surface area (Å²) in [6, 6.07) is 6.18. The number of hydrogen-bond acceptors (Lipinski definition) is 2. The van der Waals surface area contributed by atoms with E-state index in [1.54, 1.807) is 0 Å². The average Bonchev–Trinajstić information content (AvgIpc) is 2.19. The van der Waals surface area contributed by atoms with Gasteiger partial charge in [0, 0.05) is 7.97 Å². The zero-order valence-corrected chi connectivity index (χ0v) is 9.26. The van der Waals surface area contributed by atoms with Crippen molar-refractivity contribution in [1.29, 1.82) is 0 Å². The third kappa shape index (κ3) is 2.95. The fraction of sp³-hybridized carbons (Fsp3) is 0.500. The van der Waals surface area contributed by atoms with Crippen molar-refractivity contribution in [2.75, 3.05) is 18.5 Å². The third-order valence-electron chi connectivity index (χ3n) is 1.81. The predicted molar refractivity (Wildman–Crippen MR) is 63.2 cm³/mol. The van der Waals surface area contributed by atoms with Crippen LogP contribution in [0.3, 0.4) is 0 Å². The van der Waals surface area contributed by atoms with Gasteiger partial charge in [0.05, 0.1) is 5.69 Å². The molecule has 0 fully saturated rings. The molecule has 0 saturated heterocycles. The molecule has 0 aromatic heterocycles. The first-order valence-corrected chi connectivity index (χ1v) is 5.25. The lowest BCUT2D eigenvalue weighted by Crippen LogP contribution is -2.17. The van der Waals surface area contributed by atoms with Crippen molar-refractivity contribution in [2.45, 2.75) is 27.2 Å². The Morgan fingerprint density at radius 1 is 1.43 bits per heavy atom. The lowest BCUT2D eigenvalue weighted by molar-refractivity contribution is 0.323. The maximum atomic E-state index is 5.42. The number of aryl methyl sites for hydroxylation is 1. The molecule has 80 valence electrons.